The van der Waals surface area contributed by atoms with Gasteiger partial charge in [0, 0.05) is 79.2 Å². The minimum absolute atomic E-state index is 0.102. The number of aliphatic imine (C=N–C) groups is 1. The summed E-state index contributed by atoms with van der Waals surface area (Å²) >= 11 is 0. The van der Waals surface area contributed by atoms with Gasteiger partial charge in [-0.25, -0.2) is 4.98 Å². The molecule has 16 heteroatoms. The van der Waals surface area contributed by atoms with E-state index < -0.39 is 47.4 Å². The molecule has 0 aliphatic carbocycles. The molecular formula is C51H66N10O6. The van der Waals surface area contributed by atoms with E-state index >= 15 is 0 Å². The Morgan fingerprint density at radius 2 is 1.37 bits per heavy atom. The van der Waals surface area contributed by atoms with E-state index in [1.165, 1.54) is 12.7 Å². The Morgan fingerprint density at radius 3 is 2.10 bits per heavy atom. The van der Waals surface area contributed by atoms with E-state index in [1.54, 1.807) is 36.5 Å². The fourth-order valence-corrected chi connectivity index (χ4v) is 8.04. The van der Waals surface area contributed by atoms with Crippen molar-refractivity contribution in [2.75, 3.05) is 19.6 Å². The molecule has 4 amide bonds. The number of nitrogens with zero attached hydrogens (tertiary/aromatic N) is 2. The number of aromatic nitrogens is 3. The van der Waals surface area contributed by atoms with Gasteiger partial charge in [0.15, 0.2) is 17.5 Å². The average Bonchev–Trinajstić information content (AvgIpc) is 4.01. The lowest BCUT2D eigenvalue weighted by Gasteiger charge is -2.25. The highest BCUT2D eigenvalue weighted by Gasteiger charge is 2.33. The van der Waals surface area contributed by atoms with E-state index in [-0.39, 0.29) is 69.3 Å². The van der Waals surface area contributed by atoms with Crippen LogP contribution in [0.15, 0.2) is 109 Å². The smallest absolute Gasteiger partial charge is 0.251 e. The Labute approximate surface area is 392 Å². The molecule has 2 aromatic heterocycles. The molecule has 0 saturated carbocycles. The highest BCUT2D eigenvalue weighted by atomic mass is 16.2. The van der Waals surface area contributed by atoms with Gasteiger partial charge in [0.25, 0.3) is 5.91 Å². The number of nitrogens with two attached hydrogens (primary N) is 2. The Balaban J connectivity index is 1.35. The lowest BCUT2D eigenvalue weighted by molar-refractivity contribution is -0.135. The van der Waals surface area contributed by atoms with Crippen molar-refractivity contribution in [3.63, 3.8) is 0 Å². The maximum Gasteiger partial charge on any atom is 0.251 e. The number of ketones is 2. The van der Waals surface area contributed by atoms with Gasteiger partial charge < -0.3 is 42.7 Å². The molecule has 16 nitrogen and oxygen atoms in total. The van der Waals surface area contributed by atoms with Crippen LogP contribution in [-0.2, 0) is 43.2 Å². The van der Waals surface area contributed by atoms with E-state index in [0.717, 1.165) is 54.1 Å². The van der Waals surface area contributed by atoms with Crippen LogP contribution >= 0.6 is 0 Å². The topological polar surface area (TPSA) is 259 Å². The van der Waals surface area contributed by atoms with Crippen LogP contribution < -0.4 is 32.7 Å². The number of hydrogen-bond acceptors (Lipinski definition) is 8. The molecule has 67 heavy (non-hydrogen) atoms. The molecule has 0 saturated heterocycles. The summed E-state index contributed by atoms with van der Waals surface area (Å²) in [6, 6.07) is 23.3. The number of fused-ring (bicyclic) bond motifs is 1. The van der Waals surface area contributed by atoms with E-state index in [0.29, 0.717) is 24.2 Å². The summed E-state index contributed by atoms with van der Waals surface area (Å²) in [7, 11) is 0. The second-order valence-corrected chi connectivity index (χ2v) is 17.0. The number of aromatic amines is 2. The van der Waals surface area contributed by atoms with Crippen molar-refractivity contribution in [3.05, 3.63) is 126 Å². The quantitative estimate of drug-likeness (QED) is 0.0175. The first-order valence-electron chi connectivity index (χ1n) is 23.4. The molecule has 0 unspecified atom stereocenters. The van der Waals surface area contributed by atoms with Crippen LogP contribution in [-0.4, -0.2) is 87.8 Å². The maximum atomic E-state index is 14.6. The van der Waals surface area contributed by atoms with E-state index in [2.05, 4.69) is 48.1 Å². The number of para-hydroxylation sites is 1. The predicted octanol–water partition coefficient (Wildman–Crippen LogP) is 5.00. The molecule has 0 aliphatic heterocycles. The van der Waals surface area contributed by atoms with Crippen molar-refractivity contribution < 1.29 is 28.8 Å². The molecular weight excluding hydrogens is 849 g/mol. The maximum absolute atomic E-state index is 14.6. The SMILES string of the molecule is CCCCCCCCNC(=O)[C@H](Cc1c[nH]c2ccccc12)NC(=O)[C@H](CCCN=C(N)N)CC(=O)[C@@H](Cc1ccccc1)NC(=O)[C@@H](CC(=O)CNC(=O)c1ccccc1)Cc1cnc[nH]1. The number of guanidine groups is 1. The normalized spacial score (nSPS) is 12.9. The molecule has 10 N–H and O–H groups in total. The van der Waals surface area contributed by atoms with Crippen LogP contribution in [0.1, 0.15) is 98.3 Å². The summed E-state index contributed by atoms with van der Waals surface area (Å²) in [6.45, 7) is 2.53. The molecule has 5 aromatic rings. The number of Topliss-reactive ketones (excluding diaryl/α,β-unsaturated/α-hetero) is 2. The van der Waals surface area contributed by atoms with Crippen molar-refractivity contribution in [2.45, 2.75) is 102 Å². The molecule has 0 fully saturated rings. The van der Waals surface area contributed by atoms with E-state index in [4.69, 9.17) is 11.5 Å². The number of benzene rings is 3. The summed E-state index contributed by atoms with van der Waals surface area (Å²) in [5.41, 5.74) is 14.7. The van der Waals surface area contributed by atoms with Gasteiger partial charge in [-0.2, -0.15) is 0 Å². The first-order valence-corrected chi connectivity index (χ1v) is 23.4. The third-order valence-electron chi connectivity index (χ3n) is 11.7. The van der Waals surface area contributed by atoms with Crippen LogP contribution in [0.2, 0.25) is 0 Å². The summed E-state index contributed by atoms with van der Waals surface area (Å²) in [5, 5.41) is 12.5. The minimum atomic E-state index is -1.09. The second kappa shape index (κ2) is 27.4. The number of unbranched alkanes of at least 4 members (excludes halogenated alkanes) is 5. The van der Waals surface area contributed by atoms with Gasteiger partial charge in [-0.1, -0.05) is 106 Å². The van der Waals surface area contributed by atoms with Crippen molar-refractivity contribution in [3.8, 4) is 0 Å². The molecule has 0 spiro atoms. The molecule has 0 aliphatic rings. The number of carbonyl (C=O) groups is 6. The Morgan fingerprint density at radius 1 is 0.687 bits per heavy atom. The molecule has 5 rings (SSSR count). The second-order valence-electron chi connectivity index (χ2n) is 17.0. The van der Waals surface area contributed by atoms with Gasteiger partial charge in [-0.05, 0) is 55.0 Å². The largest absolute Gasteiger partial charge is 0.370 e. The third kappa shape index (κ3) is 17.3. The van der Waals surface area contributed by atoms with Crippen molar-refractivity contribution in [1.82, 2.24) is 36.2 Å². The van der Waals surface area contributed by atoms with Crippen LogP contribution in [0.5, 0.6) is 0 Å². The van der Waals surface area contributed by atoms with Crippen molar-refractivity contribution in [1.29, 1.82) is 0 Å². The molecule has 3 aromatic carbocycles. The zero-order valence-electron chi connectivity index (χ0n) is 38.4. The summed E-state index contributed by atoms with van der Waals surface area (Å²) in [4.78, 5) is 97.8. The molecule has 0 radical (unpaired) electrons. The Bertz CT molecular complexity index is 2360. The van der Waals surface area contributed by atoms with Crippen LogP contribution in [0.4, 0.5) is 0 Å². The first-order chi connectivity index (χ1) is 32.5. The van der Waals surface area contributed by atoms with Crippen molar-refractivity contribution >= 4 is 52.1 Å². The zero-order chi connectivity index (χ0) is 47.8. The number of rotatable bonds is 30. The van der Waals surface area contributed by atoms with Gasteiger partial charge >= 0.3 is 0 Å². The Hall–Kier alpha value is -7.10. The van der Waals surface area contributed by atoms with Crippen LogP contribution in [0, 0.1) is 11.8 Å². The fraction of sp³-hybridized carbons (Fsp3) is 0.412. The van der Waals surface area contributed by atoms with Gasteiger partial charge in [0.05, 0.1) is 24.8 Å². The molecule has 356 valence electrons. The highest BCUT2D eigenvalue weighted by Crippen LogP contribution is 2.22. The summed E-state index contributed by atoms with van der Waals surface area (Å²) in [5.74, 6) is -4.58. The molecule has 4 atom stereocenters. The van der Waals surface area contributed by atoms with E-state index in [1.807, 2.05) is 60.8 Å². The number of imidazole rings is 1. The monoisotopic (exact) mass is 915 g/mol. The van der Waals surface area contributed by atoms with Crippen LogP contribution in [0.3, 0.4) is 0 Å². The van der Waals surface area contributed by atoms with E-state index in [9.17, 15) is 28.8 Å². The number of hydrogen-bond donors (Lipinski definition) is 8. The lowest BCUT2D eigenvalue weighted by Crippen LogP contribution is -2.51. The van der Waals surface area contributed by atoms with Gasteiger partial charge in [-0.15, -0.1) is 0 Å². The average molecular weight is 915 g/mol. The van der Waals surface area contributed by atoms with Gasteiger partial charge in [0.1, 0.15) is 6.04 Å². The summed E-state index contributed by atoms with van der Waals surface area (Å²) in [6.07, 6.45) is 11.6. The number of H-pyrrole nitrogens is 2. The minimum Gasteiger partial charge on any atom is -0.370 e. The van der Waals surface area contributed by atoms with Crippen molar-refractivity contribution in [2.24, 2.45) is 28.3 Å². The lowest BCUT2D eigenvalue weighted by atomic mass is 9.89. The highest BCUT2D eigenvalue weighted by molar-refractivity contribution is 5.98. The molecule has 2 heterocycles. The zero-order valence-corrected chi connectivity index (χ0v) is 38.4. The fourth-order valence-electron chi connectivity index (χ4n) is 8.04. The third-order valence-corrected chi connectivity index (χ3v) is 11.7. The summed E-state index contributed by atoms with van der Waals surface area (Å²) < 4.78 is 0. The Kier molecular flexibility index (Phi) is 20.8. The first kappa shape index (κ1) is 50.9. The number of carbonyl (C=O) groups excluding carboxylic acids is 6. The number of nitrogens with one attached hydrogen (secondary N) is 6. The molecule has 0 bridgehead atoms. The van der Waals surface area contributed by atoms with Crippen LogP contribution in [0.25, 0.3) is 10.9 Å². The predicted molar refractivity (Wildman–Crippen MR) is 260 cm³/mol. The number of amides is 4. The van der Waals surface area contributed by atoms with Gasteiger partial charge in [0.2, 0.25) is 17.7 Å². The van der Waals surface area contributed by atoms with Gasteiger partial charge in [-0.3, -0.25) is 33.8 Å². The standard InChI is InChI=1S/C51H66N10O6/c1-2-3-4-5-6-15-24-55-50(67)45(29-39-31-57-43-23-14-13-22-42(39)43)61-48(65)37(21-16-25-56-51(52)53)30-46(63)44(26-35-17-9-7-10-18-35)60-49(66)38(27-40-32-54-34-59-40)28-41(62)33-58-47(64)36-19-11-8-12-20-36/h7-14,17-20,22-23,31-32,34,37-38,44-45,57H,2-6,15-16,21,24-30,33H2,1H3,(H,54,59)(H,55,67)(H,58,64)(H,60,66)(H,61,65)(H4,52,53,56)/t37-,38-,44-,45+/m1/s1.